The minimum Gasteiger partial charge on any atom is -0.348 e. The van der Waals surface area contributed by atoms with Crippen molar-refractivity contribution >= 4 is 39.1 Å². The lowest BCUT2D eigenvalue weighted by Crippen LogP contribution is -2.57. The Morgan fingerprint density at radius 3 is 2.76 bits per heavy atom. The van der Waals surface area contributed by atoms with Gasteiger partial charge in [0.15, 0.2) is 5.13 Å². The highest BCUT2D eigenvalue weighted by Gasteiger charge is 2.55. The standard InChI is InChI=1S/C27H22FN3O2S/c1-14-6-5-9-18-19-12-27(2,23(22(14)18)30-24(19)32)25(33)31-26-29-21(13-34-26)17-10-11-20(28)16-8-4-3-7-15(16)17/h3-11,13,19,23H,12H2,1-2H3,(H,30,32)(H,29,31,33)/t19-,23?,27-/m0/s1. The van der Waals surface area contributed by atoms with Gasteiger partial charge in [0.05, 0.1) is 23.1 Å². The first-order valence-corrected chi connectivity index (χ1v) is 12.1. The van der Waals surface area contributed by atoms with Crippen LogP contribution in [0.25, 0.3) is 22.0 Å². The molecule has 0 saturated carbocycles. The van der Waals surface area contributed by atoms with Crippen molar-refractivity contribution in [3.8, 4) is 11.3 Å². The fourth-order valence-electron chi connectivity index (χ4n) is 5.48. The third-order valence-corrected chi connectivity index (χ3v) is 8.04. The Hall–Kier alpha value is -3.58. The second kappa shape index (κ2) is 7.46. The van der Waals surface area contributed by atoms with Gasteiger partial charge in [0.25, 0.3) is 0 Å². The fraction of sp³-hybridized carbons (Fsp3) is 0.222. The first-order chi connectivity index (χ1) is 16.4. The number of halogens is 1. The van der Waals surface area contributed by atoms with Gasteiger partial charge in [0, 0.05) is 16.3 Å². The first-order valence-electron chi connectivity index (χ1n) is 11.2. The predicted octanol–water partition coefficient (Wildman–Crippen LogP) is 5.71. The van der Waals surface area contributed by atoms with E-state index in [1.54, 1.807) is 18.2 Å². The molecular formula is C27H22FN3O2S. The monoisotopic (exact) mass is 471 g/mol. The van der Waals surface area contributed by atoms with Crippen molar-refractivity contribution in [1.29, 1.82) is 0 Å². The molecule has 3 atom stereocenters. The second-order valence-corrected chi connectivity index (χ2v) is 10.2. The van der Waals surface area contributed by atoms with Gasteiger partial charge in [-0.05, 0) is 54.5 Å². The van der Waals surface area contributed by atoms with E-state index in [1.807, 2.05) is 49.6 Å². The highest BCUT2D eigenvalue weighted by molar-refractivity contribution is 7.14. The van der Waals surface area contributed by atoms with Gasteiger partial charge in [0.2, 0.25) is 11.8 Å². The van der Waals surface area contributed by atoms with E-state index >= 15 is 0 Å². The number of anilines is 1. The summed E-state index contributed by atoms with van der Waals surface area (Å²) in [7, 11) is 0. The van der Waals surface area contributed by atoms with Gasteiger partial charge in [-0.15, -0.1) is 11.3 Å². The Balaban J connectivity index is 1.32. The van der Waals surface area contributed by atoms with Crippen LogP contribution in [-0.2, 0) is 9.59 Å². The Kier molecular flexibility index (Phi) is 4.61. The summed E-state index contributed by atoms with van der Waals surface area (Å²) in [4.78, 5) is 30.8. The third kappa shape index (κ3) is 3.00. The van der Waals surface area contributed by atoms with Crippen LogP contribution in [-0.4, -0.2) is 16.8 Å². The summed E-state index contributed by atoms with van der Waals surface area (Å²) in [6, 6.07) is 16.0. The number of hydrogen-bond donors (Lipinski definition) is 2. The molecule has 3 aliphatic rings. The van der Waals surface area contributed by atoms with Gasteiger partial charge in [0.1, 0.15) is 5.82 Å². The minimum absolute atomic E-state index is 0.0203. The lowest BCUT2D eigenvalue weighted by Gasteiger charge is -2.49. The number of aryl methyl sites for hydroxylation is 1. The van der Waals surface area contributed by atoms with Crippen molar-refractivity contribution in [2.45, 2.75) is 32.2 Å². The molecule has 170 valence electrons. The normalized spacial score (nSPS) is 23.0. The van der Waals surface area contributed by atoms with Crippen molar-refractivity contribution in [2.75, 3.05) is 5.32 Å². The van der Waals surface area contributed by atoms with Gasteiger partial charge in [-0.2, -0.15) is 0 Å². The largest absolute Gasteiger partial charge is 0.348 e. The number of thiazole rings is 1. The molecular weight excluding hydrogens is 449 g/mol. The lowest BCUT2D eigenvalue weighted by atomic mass is 9.60. The molecule has 2 amide bonds. The van der Waals surface area contributed by atoms with E-state index in [0.29, 0.717) is 22.6 Å². The number of nitrogens with zero attached hydrogens (tertiary/aromatic N) is 1. The third-order valence-electron chi connectivity index (χ3n) is 7.28. The van der Waals surface area contributed by atoms with Crippen LogP contribution in [0.15, 0.2) is 60.0 Å². The number of piperidine rings is 1. The predicted molar refractivity (Wildman–Crippen MR) is 131 cm³/mol. The fourth-order valence-corrected chi connectivity index (χ4v) is 6.19. The van der Waals surface area contributed by atoms with Crippen LogP contribution in [0.5, 0.6) is 0 Å². The zero-order valence-electron chi connectivity index (χ0n) is 18.7. The Bertz CT molecular complexity index is 1500. The van der Waals surface area contributed by atoms with Gasteiger partial charge >= 0.3 is 0 Å². The average Bonchev–Trinajstić information content (AvgIpc) is 3.29. The van der Waals surface area contributed by atoms with Gasteiger partial charge in [-0.3, -0.25) is 9.59 Å². The lowest BCUT2D eigenvalue weighted by molar-refractivity contribution is -0.137. The molecule has 0 radical (unpaired) electrons. The Labute approximate surface area is 200 Å². The molecule has 34 heavy (non-hydrogen) atoms. The van der Waals surface area contributed by atoms with Crippen molar-refractivity contribution in [3.63, 3.8) is 0 Å². The molecule has 1 aliphatic carbocycles. The van der Waals surface area contributed by atoms with Crippen molar-refractivity contribution in [2.24, 2.45) is 5.41 Å². The van der Waals surface area contributed by atoms with Crippen molar-refractivity contribution in [1.82, 2.24) is 10.3 Å². The molecule has 5 nitrogen and oxygen atoms in total. The number of aromatic nitrogens is 1. The van der Waals surface area contributed by atoms with Crippen LogP contribution in [0, 0.1) is 18.2 Å². The number of benzene rings is 3. The summed E-state index contributed by atoms with van der Waals surface area (Å²) >= 11 is 1.33. The van der Waals surface area contributed by atoms with Crippen LogP contribution in [0.1, 0.15) is 42.0 Å². The van der Waals surface area contributed by atoms with Gasteiger partial charge < -0.3 is 10.6 Å². The number of hydrogen-bond acceptors (Lipinski definition) is 4. The summed E-state index contributed by atoms with van der Waals surface area (Å²) in [5.74, 6) is -0.802. The van der Waals surface area contributed by atoms with E-state index in [1.165, 1.54) is 17.4 Å². The maximum absolute atomic E-state index is 14.2. The molecule has 3 aromatic carbocycles. The summed E-state index contributed by atoms with van der Waals surface area (Å²) in [6.45, 7) is 3.93. The maximum Gasteiger partial charge on any atom is 0.234 e. The molecule has 4 aromatic rings. The van der Waals surface area contributed by atoms with Crippen LogP contribution >= 0.6 is 11.3 Å². The molecule has 7 heteroatoms. The van der Waals surface area contributed by atoms with E-state index in [2.05, 4.69) is 15.6 Å². The Morgan fingerprint density at radius 1 is 1.15 bits per heavy atom. The molecule has 3 heterocycles. The number of rotatable bonds is 3. The molecule has 2 N–H and O–H groups in total. The number of fused-ring (bicyclic) bond motifs is 3. The SMILES string of the molecule is Cc1cccc2c1C1NC(=O)[C@H]2C[C@]1(C)C(=O)Nc1nc(-c2ccc(F)c3ccccc23)cs1. The summed E-state index contributed by atoms with van der Waals surface area (Å²) < 4.78 is 14.2. The zero-order chi connectivity index (χ0) is 23.6. The average molecular weight is 472 g/mol. The highest BCUT2D eigenvalue weighted by atomic mass is 32.1. The first kappa shape index (κ1) is 21.0. The number of amides is 2. The molecule has 7 rings (SSSR count). The number of carbonyl (C=O) groups excluding carboxylic acids is 2. The summed E-state index contributed by atoms with van der Waals surface area (Å²) in [5, 5.41) is 9.73. The smallest absolute Gasteiger partial charge is 0.234 e. The number of carbonyl (C=O) groups is 2. The quantitative estimate of drug-likeness (QED) is 0.402. The van der Waals surface area contributed by atoms with Gasteiger partial charge in [-0.1, -0.05) is 42.5 Å². The maximum atomic E-state index is 14.2. The van der Waals surface area contributed by atoms with Crippen LogP contribution < -0.4 is 10.6 Å². The second-order valence-electron chi connectivity index (χ2n) is 9.33. The molecule has 1 saturated heterocycles. The van der Waals surface area contributed by atoms with Crippen LogP contribution in [0.2, 0.25) is 0 Å². The topological polar surface area (TPSA) is 71.1 Å². The van der Waals surface area contributed by atoms with Crippen LogP contribution in [0.3, 0.4) is 0 Å². The molecule has 1 fully saturated rings. The molecule has 0 spiro atoms. The minimum atomic E-state index is -0.800. The van der Waals surface area contributed by atoms with E-state index in [0.717, 1.165) is 27.6 Å². The Morgan fingerprint density at radius 2 is 1.94 bits per heavy atom. The van der Waals surface area contributed by atoms with E-state index in [4.69, 9.17) is 0 Å². The molecule has 1 unspecified atom stereocenters. The van der Waals surface area contributed by atoms with E-state index < -0.39 is 5.41 Å². The van der Waals surface area contributed by atoms with Crippen LogP contribution in [0.4, 0.5) is 9.52 Å². The highest BCUT2D eigenvalue weighted by Crippen LogP contribution is 2.54. The number of nitrogens with one attached hydrogen (secondary N) is 2. The molecule has 2 bridgehead atoms. The summed E-state index contributed by atoms with van der Waals surface area (Å²) in [5.41, 5.74) is 3.85. The molecule has 1 aromatic heterocycles. The summed E-state index contributed by atoms with van der Waals surface area (Å²) in [6.07, 6.45) is 0.451. The molecule has 2 aliphatic heterocycles. The zero-order valence-corrected chi connectivity index (χ0v) is 19.5. The van der Waals surface area contributed by atoms with E-state index in [9.17, 15) is 14.0 Å². The van der Waals surface area contributed by atoms with Crippen molar-refractivity contribution < 1.29 is 14.0 Å². The van der Waals surface area contributed by atoms with Gasteiger partial charge in [-0.25, -0.2) is 9.37 Å². The van der Waals surface area contributed by atoms with E-state index in [-0.39, 0.29) is 29.6 Å². The van der Waals surface area contributed by atoms with Crippen molar-refractivity contribution in [3.05, 3.63) is 82.5 Å².